The van der Waals surface area contributed by atoms with E-state index in [9.17, 15) is 4.79 Å². The third-order valence-electron chi connectivity index (χ3n) is 3.66. The second-order valence-electron chi connectivity index (χ2n) is 5.26. The van der Waals surface area contributed by atoms with Crippen molar-refractivity contribution in [2.75, 3.05) is 5.32 Å². The Hall–Kier alpha value is -2.29. The minimum Gasteiger partial charge on any atom is -0.481 e. The summed E-state index contributed by atoms with van der Waals surface area (Å²) >= 11 is 0. The van der Waals surface area contributed by atoms with Crippen LogP contribution in [0.2, 0.25) is 0 Å². The van der Waals surface area contributed by atoms with E-state index in [1.807, 2.05) is 48.5 Å². The van der Waals surface area contributed by atoms with Crippen LogP contribution in [0.25, 0.3) is 0 Å². The number of hydrogen-bond donors (Lipinski definition) is 1. The fourth-order valence-electron chi connectivity index (χ4n) is 2.22. The van der Waals surface area contributed by atoms with E-state index in [1.165, 1.54) is 5.56 Å². The highest BCUT2D eigenvalue weighted by Crippen LogP contribution is 2.20. The van der Waals surface area contributed by atoms with Gasteiger partial charge in [-0.2, -0.15) is 0 Å². The third-order valence-corrected chi connectivity index (χ3v) is 3.66. The second kappa shape index (κ2) is 7.64. The van der Waals surface area contributed by atoms with Crippen LogP contribution in [0.5, 0.6) is 5.75 Å². The lowest BCUT2D eigenvalue weighted by molar-refractivity contribution is -0.122. The average molecular weight is 297 g/mol. The van der Waals surface area contributed by atoms with Crippen molar-refractivity contribution in [3.8, 4) is 5.75 Å². The van der Waals surface area contributed by atoms with Gasteiger partial charge in [0, 0.05) is 5.69 Å². The van der Waals surface area contributed by atoms with Crippen LogP contribution in [0, 0.1) is 0 Å². The van der Waals surface area contributed by atoms with Gasteiger partial charge in [0.05, 0.1) is 0 Å². The molecule has 2 rings (SSSR count). The van der Waals surface area contributed by atoms with Crippen LogP contribution in [0.4, 0.5) is 5.69 Å². The molecule has 3 nitrogen and oxygen atoms in total. The van der Waals surface area contributed by atoms with Gasteiger partial charge in [-0.25, -0.2) is 0 Å². The molecule has 0 aliphatic rings. The van der Waals surface area contributed by atoms with Gasteiger partial charge in [0.1, 0.15) is 5.75 Å². The largest absolute Gasteiger partial charge is 0.481 e. The van der Waals surface area contributed by atoms with Gasteiger partial charge in [0.15, 0.2) is 6.10 Å². The van der Waals surface area contributed by atoms with Gasteiger partial charge in [-0.05, 0) is 49.1 Å². The number of carbonyl (C=O) groups is 1. The van der Waals surface area contributed by atoms with Crippen molar-refractivity contribution < 1.29 is 9.53 Å². The molecule has 1 atom stereocenters. The van der Waals surface area contributed by atoms with Crippen molar-refractivity contribution in [2.24, 2.45) is 0 Å². The maximum absolute atomic E-state index is 12.2. The average Bonchev–Trinajstić information content (AvgIpc) is 2.56. The Balaban J connectivity index is 1.99. The number of anilines is 1. The summed E-state index contributed by atoms with van der Waals surface area (Å²) in [6.07, 6.45) is 1.32. The van der Waals surface area contributed by atoms with Crippen molar-refractivity contribution >= 4 is 11.6 Å². The van der Waals surface area contributed by atoms with E-state index in [1.54, 1.807) is 6.92 Å². The molecular formula is C19H23NO2. The minimum absolute atomic E-state index is 0.143. The maximum atomic E-state index is 12.2. The summed E-state index contributed by atoms with van der Waals surface area (Å²) in [5, 5.41) is 2.89. The van der Waals surface area contributed by atoms with Gasteiger partial charge in [-0.3, -0.25) is 4.79 Å². The second-order valence-corrected chi connectivity index (χ2v) is 5.26. The Morgan fingerprint density at radius 2 is 1.73 bits per heavy atom. The fourth-order valence-corrected chi connectivity index (χ4v) is 2.22. The molecule has 0 aliphatic carbocycles. The molecule has 116 valence electrons. The first-order valence-corrected chi connectivity index (χ1v) is 7.78. The molecule has 3 heteroatoms. The minimum atomic E-state index is -0.543. The SMILES string of the molecule is CCc1ccc(NC(=O)[C@H](C)Oc2ccccc2CC)cc1. The van der Waals surface area contributed by atoms with Gasteiger partial charge in [0.25, 0.3) is 5.91 Å². The quantitative estimate of drug-likeness (QED) is 0.867. The molecule has 2 aromatic rings. The first-order chi connectivity index (χ1) is 10.6. The molecule has 1 N–H and O–H groups in total. The van der Waals surface area contributed by atoms with Crippen LogP contribution >= 0.6 is 0 Å². The highest BCUT2D eigenvalue weighted by Gasteiger charge is 2.16. The number of benzene rings is 2. The number of carbonyl (C=O) groups excluding carboxylic acids is 1. The summed E-state index contributed by atoms with van der Waals surface area (Å²) in [6, 6.07) is 15.7. The molecule has 0 heterocycles. The van der Waals surface area contributed by atoms with E-state index in [-0.39, 0.29) is 5.91 Å². The van der Waals surface area contributed by atoms with Gasteiger partial charge in [0.2, 0.25) is 0 Å². The maximum Gasteiger partial charge on any atom is 0.265 e. The molecule has 0 aromatic heterocycles. The van der Waals surface area contributed by atoms with Crippen LogP contribution in [-0.2, 0) is 17.6 Å². The monoisotopic (exact) mass is 297 g/mol. The number of ether oxygens (including phenoxy) is 1. The molecule has 22 heavy (non-hydrogen) atoms. The summed E-state index contributed by atoms with van der Waals surface area (Å²) < 4.78 is 5.80. The summed E-state index contributed by atoms with van der Waals surface area (Å²) in [7, 11) is 0. The topological polar surface area (TPSA) is 38.3 Å². The lowest BCUT2D eigenvalue weighted by atomic mass is 10.1. The molecule has 0 aliphatic heterocycles. The van der Waals surface area contributed by atoms with Crippen molar-refractivity contribution in [3.05, 3.63) is 59.7 Å². The standard InChI is InChI=1S/C19H23NO2/c1-4-15-10-12-17(13-11-15)20-19(21)14(3)22-18-9-7-6-8-16(18)5-2/h6-14H,4-5H2,1-3H3,(H,20,21)/t14-/m0/s1. The summed E-state index contributed by atoms with van der Waals surface area (Å²) in [5.41, 5.74) is 3.15. The molecule has 0 bridgehead atoms. The van der Waals surface area contributed by atoms with Crippen molar-refractivity contribution in [1.82, 2.24) is 0 Å². The Morgan fingerprint density at radius 1 is 1.05 bits per heavy atom. The zero-order chi connectivity index (χ0) is 15.9. The Morgan fingerprint density at radius 3 is 2.36 bits per heavy atom. The number of hydrogen-bond acceptors (Lipinski definition) is 2. The summed E-state index contributed by atoms with van der Waals surface area (Å²) in [6.45, 7) is 5.94. The molecule has 2 aromatic carbocycles. The van der Waals surface area contributed by atoms with Crippen LogP contribution in [0.3, 0.4) is 0 Å². The molecule has 0 radical (unpaired) electrons. The molecule has 0 unspecified atom stereocenters. The smallest absolute Gasteiger partial charge is 0.265 e. The Bertz CT molecular complexity index is 620. The fraction of sp³-hybridized carbons (Fsp3) is 0.316. The molecule has 0 saturated carbocycles. The number of para-hydroxylation sites is 1. The molecular weight excluding hydrogens is 274 g/mol. The summed E-state index contributed by atoms with van der Waals surface area (Å²) in [4.78, 5) is 12.2. The zero-order valence-electron chi connectivity index (χ0n) is 13.4. The Labute approximate surface area is 132 Å². The lowest BCUT2D eigenvalue weighted by Gasteiger charge is -2.17. The lowest BCUT2D eigenvalue weighted by Crippen LogP contribution is -2.30. The van der Waals surface area contributed by atoms with Gasteiger partial charge < -0.3 is 10.1 Å². The summed E-state index contributed by atoms with van der Waals surface area (Å²) in [5.74, 6) is 0.629. The predicted octanol–water partition coefficient (Wildman–Crippen LogP) is 4.22. The normalized spacial score (nSPS) is 11.8. The first kappa shape index (κ1) is 16.1. The van der Waals surface area contributed by atoms with Crippen LogP contribution in [-0.4, -0.2) is 12.0 Å². The third kappa shape index (κ3) is 4.10. The van der Waals surface area contributed by atoms with E-state index >= 15 is 0 Å². The van der Waals surface area contributed by atoms with Crippen LogP contribution < -0.4 is 10.1 Å². The highest BCUT2D eigenvalue weighted by atomic mass is 16.5. The van der Waals surface area contributed by atoms with E-state index < -0.39 is 6.10 Å². The molecule has 0 saturated heterocycles. The molecule has 1 amide bonds. The predicted molar refractivity (Wildman–Crippen MR) is 90.4 cm³/mol. The number of aryl methyl sites for hydroxylation is 2. The van der Waals surface area contributed by atoms with Gasteiger partial charge in [-0.1, -0.05) is 44.2 Å². The van der Waals surface area contributed by atoms with E-state index in [0.717, 1.165) is 29.8 Å². The van der Waals surface area contributed by atoms with Crippen molar-refractivity contribution in [2.45, 2.75) is 39.7 Å². The number of amides is 1. The zero-order valence-corrected chi connectivity index (χ0v) is 13.4. The van der Waals surface area contributed by atoms with Crippen LogP contribution in [0.15, 0.2) is 48.5 Å². The highest BCUT2D eigenvalue weighted by molar-refractivity contribution is 5.94. The van der Waals surface area contributed by atoms with Gasteiger partial charge >= 0.3 is 0 Å². The molecule has 0 fully saturated rings. The first-order valence-electron chi connectivity index (χ1n) is 7.78. The van der Waals surface area contributed by atoms with Gasteiger partial charge in [-0.15, -0.1) is 0 Å². The van der Waals surface area contributed by atoms with E-state index in [2.05, 4.69) is 19.2 Å². The van der Waals surface area contributed by atoms with Crippen molar-refractivity contribution in [3.63, 3.8) is 0 Å². The van der Waals surface area contributed by atoms with E-state index in [0.29, 0.717) is 0 Å². The van der Waals surface area contributed by atoms with E-state index in [4.69, 9.17) is 4.74 Å². The molecule has 0 spiro atoms. The number of nitrogens with one attached hydrogen (secondary N) is 1. The number of rotatable bonds is 6. The Kier molecular flexibility index (Phi) is 5.59. The van der Waals surface area contributed by atoms with Crippen molar-refractivity contribution in [1.29, 1.82) is 0 Å². The van der Waals surface area contributed by atoms with Crippen LogP contribution in [0.1, 0.15) is 31.9 Å².